The van der Waals surface area contributed by atoms with Crippen molar-refractivity contribution in [3.8, 4) is 0 Å². The van der Waals surface area contributed by atoms with Crippen molar-refractivity contribution < 1.29 is 0 Å². The van der Waals surface area contributed by atoms with Crippen molar-refractivity contribution in [3.05, 3.63) is 44.2 Å². The quantitative estimate of drug-likeness (QED) is 0.391. The molecule has 2 aromatic heterocycles. The number of halogens is 2. The number of fused-ring (bicyclic) bond motifs is 2. The second kappa shape index (κ2) is 5.09. The first-order chi connectivity index (χ1) is 10.5. The van der Waals surface area contributed by atoms with Crippen LogP contribution in [0.15, 0.2) is 34.9 Å². The van der Waals surface area contributed by atoms with Gasteiger partial charge in [-0.05, 0) is 75.8 Å². The minimum absolute atomic E-state index is 0.305. The number of benzene rings is 1. The van der Waals surface area contributed by atoms with Crippen LogP contribution in [0, 0.1) is 3.57 Å². The zero-order valence-corrected chi connectivity index (χ0v) is 15.5. The second-order valence-electron chi connectivity index (χ2n) is 5.59. The van der Waals surface area contributed by atoms with E-state index in [0.29, 0.717) is 0 Å². The fraction of sp³-hybridized carbons (Fsp3) is 0.200. The van der Waals surface area contributed by atoms with Crippen LogP contribution in [0.2, 0.25) is 0 Å². The van der Waals surface area contributed by atoms with E-state index < -0.39 is 0 Å². The first-order valence-electron chi connectivity index (χ1n) is 6.88. The van der Waals surface area contributed by atoms with Crippen molar-refractivity contribution in [2.45, 2.75) is 12.5 Å². The number of hydrogen-bond acceptors (Lipinski definition) is 4. The van der Waals surface area contributed by atoms with Gasteiger partial charge in [0.25, 0.3) is 0 Å². The van der Waals surface area contributed by atoms with Crippen molar-refractivity contribution in [1.82, 2.24) is 15.0 Å². The van der Waals surface area contributed by atoms with Crippen molar-refractivity contribution in [2.75, 3.05) is 17.2 Å². The van der Waals surface area contributed by atoms with Gasteiger partial charge in [-0.2, -0.15) is 0 Å². The van der Waals surface area contributed by atoms with Gasteiger partial charge < -0.3 is 15.6 Å². The molecule has 1 aliphatic heterocycles. The second-order valence-corrected chi connectivity index (χ2v) is 7.65. The number of H-pyrrole nitrogens is 1. The van der Waals surface area contributed by atoms with Gasteiger partial charge in [0.05, 0.1) is 28.0 Å². The summed E-state index contributed by atoms with van der Waals surface area (Å²) in [6.07, 6.45) is 0. The number of imidazole rings is 1. The highest BCUT2D eigenvalue weighted by atomic mass is 127. The predicted octanol–water partition coefficient (Wildman–Crippen LogP) is 4.08. The first kappa shape index (κ1) is 14.3. The summed E-state index contributed by atoms with van der Waals surface area (Å²) in [5, 5.41) is 6.89. The van der Waals surface area contributed by atoms with Gasteiger partial charge in [0, 0.05) is 10.1 Å². The molecule has 0 bridgehead atoms. The van der Waals surface area contributed by atoms with Gasteiger partial charge >= 0.3 is 0 Å². The molecule has 0 aliphatic carbocycles. The highest BCUT2D eigenvalue weighted by Gasteiger charge is 2.36. The Balaban J connectivity index is 1.72. The molecule has 1 atom stereocenters. The Morgan fingerprint density at radius 1 is 1.27 bits per heavy atom. The van der Waals surface area contributed by atoms with Crippen LogP contribution in [0.1, 0.15) is 12.6 Å². The van der Waals surface area contributed by atoms with Crippen LogP contribution >= 0.6 is 38.5 Å². The molecule has 0 fully saturated rings. The number of pyridine rings is 1. The molecule has 1 aromatic carbocycles. The molecule has 1 aliphatic rings. The number of rotatable bonds is 2. The number of hydrogen-bond donors (Lipinski definition) is 3. The summed E-state index contributed by atoms with van der Waals surface area (Å²) in [5.74, 6) is 0.760. The lowest BCUT2D eigenvalue weighted by Gasteiger charge is -2.24. The van der Waals surface area contributed by atoms with Gasteiger partial charge in [0.15, 0.2) is 0 Å². The van der Waals surface area contributed by atoms with E-state index >= 15 is 0 Å². The van der Waals surface area contributed by atoms with Crippen molar-refractivity contribution >= 4 is 61.2 Å². The lowest BCUT2D eigenvalue weighted by atomic mass is 10.00. The molecular weight excluding hydrogens is 457 g/mol. The van der Waals surface area contributed by atoms with Gasteiger partial charge in [-0.1, -0.05) is 0 Å². The van der Waals surface area contributed by atoms with Gasteiger partial charge in [-0.3, -0.25) is 0 Å². The Labute approximate surface area is 149 Å². The maximum absolute atomic E-state index is 4.64. The maximum atomic E-state index is 4.64. The molecule has 22 heavy (non-hydrogen) atoms. The lowest BCUT2D eigenvalue weighted by Crippen LogP contribution is -2.35. The van der Waals surface area contributed by atoms with Gasteiger partial charge in [-0.25, -0.2) is 9.97 Å². The molecule has 0 radical (unpaired) electrons. The normalized spacial score (nSPS) is 20.0. The molecule has 1 unspecified atom stereocenters. The average Bonchev–Trinajstić information content (AvgIpc) is 3.00. The monoisotopic (exact) mass is 469 g/mol. The van der Waals surface area contributed by atoms with Crippen molar-refractivity contribution in [1.29, 1.82) is 0 Å². The van der Waals surface area contributed by atoms with Crippen LogP contribution in [0.4, 0.5) is 11.6 Å². The third kappa shape index (κ3) is 2.36. The fourth-order valence-corrected chi connectivity index (χ4v) is 3.54. The van der Waals surface area contributed by atoms with Gasteiger partial charge in [0.1, 0.15) is 4.60 Å². The molecule has 0 saturated heterocycles. The van der Waals surface area contributed by atoms with Crippen LogP contribution in [0.5, 0.6) is 0 Å². The molecule has 0 saturated carbocycles. The Hall–Kier alpha value is -1.35. The van der Waals surface area contributed by atoms with Crippen molar-refractivity contribution in [2.24, 2.45) is 0 Å². The van der Waals surface area contributed by atoms with Crippen LogP contribution in [-0.4, -0.2) is 21.5 Å². The highest BCUT2D eigenvalue weighted by Crippen LogP contribution is 2.36. The van der Waals surface area contributed by atoms with Crippen molar-refractivity contribution in [3.63, 3.8) is 0 Å². The number of aromatic nitrogens is 3. The third-order valence-corrected chi connectivity index (χ3v) is 4.97. The van der Waals surface area contributed by atoms with E-state index in [2.05, 4.69) is 83.2 Å². The maximum Gasteiger partial charge on any atom is 0.201 e. The number of nitrogens with one attached hydrogen (secondary N) is 3. The highest BCUT2D eigenvalue weighted by molar-refractivity contribution is 14.1. The molecule has 0 spiro atoms. The smallest absolute Gasteiger partial charge is 0.201 e. The summed E-state index contributed by atoms with van der Waals surface area (Å²) in [4.78, 5) is 12.6. The van der Waals surface area contributed by atoms with Crippen LogP contribution in [0.3, 0.4) is 0 Å². The van der Waals surface area contributed by atoms with E-state index in [1.165, 1.54) is 3.57 Å². The third-order valence-electron chi connectivity index (χ3n) is 3.86. The van der Waals surface area contributed by atoms with E-state index in [1.54, 1.807) is 0 Å². The Kier molecular flexibility index (Phi) is 3.30. The summed E-state index contributed by atoms with van der Waals surface area (Å²) >= 11 is 5.74. The summed E-state index contributed by atoms with van der Waals surface area (Å²) in [6.45, 7) is 2.89. The molecule has 0 amide bonds. The fourth-order valence-electron chi connectivity index (χ4n) is 2.76. The van der Waals surface area contributed by atoms with Crippen LogP contribution in [0.25, 0.3) is 11.0 Å². The molecular formula is C15H13BrIN5. The largest absolute Gasteiger partial charge is 0.381 e. The Morgan fingerprint density at radius 2 is 2.14 bits per heavy atom. The van der Waals surface area contributed by atoms with E-state index in [4.69, 9.17) is 0 Å². The Morgan fingerprint density at radius 3 is 3.00 bits per heavy atom. The number of nitrogens with zero attached hydrogens (tertiary/aromatic N) is 2. The standard InChI is InChI=1S/C15H13BrIN5/c1-15(7-18-10-4-5-12(16)21-13(10)15)22-14-19-9-3-2-8(17)6-11(9)20-14/h2-6,18H,7H2,1H3,(H2,19,20,22). The summed E-state index contributed by atoms with van der Waals surface area (Å²) in [6, 6.07) is 10.2. The minimum Gasteiger partial charge on any atom is -0.381 e. The van der Waals surface area contributed by atoms with E-state index in [9.17, 15) is 0 Å². The topological polar surface area (TPSA) is 65.6 Å². The zero-order chi connectivity index (χ0) is 15.3. The first-order valence-corrected chi connectivity index (χ1v) is 8.75. The summed E-state index contributed by atoms with van der Waals surface area (Å²) < 4.78 is 2.01. The Bertz CT molecular complexity index is 877. The van der Waals surface area contributed by atoms with Gasteiger partial charge in [0.2, 0.25) is 5.95 Å². The average molecular weight is 470 g/mol. The minimum atomic E-state index is -0.305. The molecule has 5 nitrogen and oxygen atoms in total. The number of anilines is 2. The molecule has 3 N–H and O–H groups in total. The van der Waals surface area contributed by atoms with Gasteiger partial charge in [-0.15, -0.1) is 0 Å². The molecule has 7 heteroatoms. The lowest BCUT2D eigenvalue weighted by molar-refractivity contribution is 0.581. The van der Waals surface area contributed by atoms with E-state index in [-0.39, 0.29) is 5.54 Å². The molecule has 112 valence electrons. The molecule has 4 rings (SSSR count). The summed E-state index contributed by atoms with van der Waals surface area (Å²) in [7, 11) is 0. The predicted molar refractivity (Wildman–Crippen MR) is 100 cm³/mol. The zero-order valence-electron chi connectivity index (χ0n) is 11.7. The number of aromatic amines is 1. The van der Waals surface area contributed by atoms with E-state index in [1.807, 2.05) is 18.2 Å². The van der Waals surface area contributed by atoms with Crippen LogP contribution in [-0.2, 0) is 5.54 Å². The van der Waals surface area contributed by atoms with Crippen LogP contribution < -0.4 is 10.6 Å². The SMILES string of the molecule is CC1(Nc2nc3cc(I)ccc3[nH]2)CNc2ccc(Br)nc21. The van der Waals surface area contributed by atoms with E-state index in [0.717, 1.165) is 39.5 Å². The summed E-state index contributed by atoms with van der Waals surface area (Å²) in [5.41, 5.74) is 3.74. The molecule has 3 heterocycles. The molecule has 3 aromatic rings.